The molecule has 0 heterocycles. The molecule has 172 valence electrons. The molecule has 0 aromatic rings. The Bertz CT molecular complexity index is 356. The van der Waals surface area contributed by atoms with Crippen molar-refractivity contribution in [2.24, 2.45) is 0 Å². The quantitative estimate of drug-likeness (QED) is 0.193. The Morgan fingerprint density at radius 1 is 0.793 bits per heavy atom. The van der Waals surface area contributed by atoms with Gasteiger partial charge in [0.15, 0.2) is 0 Å². The smallest absolute Gasteiger partial charge is 0.104 e. The van der Waals surface area contributed by atoms with Crippen molar-refractivity contribution in [3.8, 4) is 12.3 Å². The van der Waals surface area contributed by atoms with E-state index in [1.165, 1.54) is 57.8 Å². The third-order valence-corrected chi connectivity index (χ3v) is 5.07. The minimum atomic E-state index is -0.0532. The van der Waals surface area contributed by atoms with Crippen LogP contribution >= 0.6 is 0 Å². The van der Waals surface area contributed by atoms with Gasteiger partial charge in [-0.15, -0.1) is 12.3 Å². The van der Waals surface area contributed by atoms with Gasteiger partial charge in [0.05, 0.1) is 45.7 Å². The number of aliphatic hydroxyl groups excluding tert-OH is 1. The summed E-state index contributed by atoms with van der Waals surface area (Å²) in [4.78, 5) is 0. The van der Waals surface area contributed by atoms with Crippen LogP contribution in [0.25, 0.3) is 0 Å². The van der Waals surface area contributed by atoms with Crippen molar-refractivity contribution in [3.05, 3.63) is 0 Å². The zero-order valence-electron chi connectivity index (χ0n) is 19.0. The summed E-state index contributed by atoms with van der Waals surface area (Å²) < 4.78 is 22.2. The molecule has 0 saturated carbocycles. The molecule has 0 aromatic carbocycles. The molecule has 0 saturated heterocycles. The van der Waals surface area contributed by atoms with Gasteiger partial charge < -0.3 is 24.1 Å². The van der Waals surface area contributed by atoms with Gasteiger partial charge in [0, 0.05) is 13.5 Å². The second-order valence-electron chi connectivity index (χ2n) is 7.56. The van der Waals surface area contributed by atoms with Crippen LogP contribution in [0, 0.1) is 12.3 Å². The van der Waals surface area contributed by atoms with Crippen molar-refractivity contribution in [1.29, 1.82) is 0 Å². The zero-order valence-corrected chi connectivity index (χ0v) is 19.0. The fourth-order valence-corrected chi connectivity index (χ4v) is 3.17. The molecule has 2 atom stereocenters. The number of unbranched alkanes of at least 4 members (excludes halogenated alkanes) is 9. The Morgan fingerprint density at radius 2 is 1.41 bits per heavy atom. The van der Waals surface area contributed by atoms with Crippen molar-refractivity contribution in [2.45, 2.75) is 96.2 Å². The van der Waals surface area contributed by atoms with Crippen LogP contribution < -0.4 is 0 Å². The van der Waals surface area contributed by atoms with Crippen LogP contribution in [-0.4, -0.2) is 64.1 Å². The van der Waals surface area contributed by atoms with E-state index in [0.717, 1.165) is 19.3 Å². The summed E-state index contributed by atoms with van der Waals surface area (Å²) in [6, 6.07) is 0. The van der Waals surface area contributed by atoms with Gasteiger partial charge in [0.1, 0.15) is 6.10 Å². The molecule has 0 amide bonds. The summed E-state index contributed by atoms with van der Waals surface area (Å²) in [7, 11) is 1.69. The third kappa shape index (κ3) is 20.4. The Hall–Kier alpha value is -0.640. The van der Waals surface area contributed by atoms with E-state index >= 15 is 0 Å². The minimum absolute atomic E-state index is 0.0423. The number of ether oxygens (including phenoxy) is 4. The molecule has 5 heteroatoms. The largest absolute Gasteiger partial charge is 0.394 e. The molecule has 0 aliphatic carbocycles. The number of methoxy groups -OCH3 is 1. The molecule has 0 aliphatic heterocycles. The normalized spacial score (nSPS) is 13.3. The Balaban J connectivity index is 3.58. The van der Waals surface area contributed by atoms with Crippen molar-refractivity contribution in [3.63, 3.8) is 0 Å². The first-order valence-corrected chi connectivity index (χ1v) is 11.6. The van der Waals surface area contributed by atoms with Gasteiger partial charge in [-0.1, -0.05) is 58.3 Å². The molecular formula is C24H46O5. The van der Waals surface area contributed by atoms with Crippen molar-refractivity contribution in [1.82, 2.24) is 0 Å². The molecular weight excluding hydrogens is 368 g/mol. The molecule has 0 spiro atoms. The van der Waals surface area contributed by atoms with Gasteiger partial charge in [-0.2, -0.15) is 0 Å². The monoisotopic (exact) mass is 414 g/mol. The second-order valence-corrected chi connectivity index (χ2v) is 7.56. The first kappa shape index (κ1) is 28.4. The van der Waals surface area contributed by atoms with E-state index in [9.17, 15) is 0 Å². The van der Waals surface area contributed by atoms with Crippen LogP contribution in [-0.2, 0) is 18.9 Å². The lowest BCUT2D eigenvalue weighted by Gasteiger charge is -2.21. The summed E-state index contributed by atoms with van der Waals surface area (Å²) in [5, 5.41) is 8.65. The lowest BCUT2D eigenvalue weighted by Crippen LogP contribution is -2.28. The van der Waals surface area contributed by atoms with Gasteiger partial charge in [-0.05, 0) is 19.3 Å². The number of terminal acetylenes is 1. The second kappa shape index (κ2) is 23.6. The molecule has 0 aliphatic rings. The molecule has 0 aromatic heterocycles. The summed E-state index contributed by atoms with van der Waals surface area (Å²) >= 11 is 0. The predicted molar refractivity (Wildman–Crippen MR) is 119 cm³/mol. The number of hydrogen-bond acceptors (Lipinski definition) is 5. The zero-order chi connectivity index (χ0) is 21.4. The number of hydrogen-bond donors (Lipinski definition) is 1. The predicted octanol–water partition coefficient (Wildman–Crippen LogP) is 4.75. The van der Waals surface area contributed by atoms with E-state index in [0.29, 0.717) is 39.1 Å². The average molecular weight is 415 g/mol. The highest BCUT2D eigenvalue weighted by atomic mass is 16.6. The molecule has 5 nitrogen and oxygen atoms in total. The lowest BCUT2D eigenvalue weighted by atomic mass is 10.0. The van der Waals surface area contributed by atoms with Crippen LogP contribution in [0.15, 0.2) is 0 Å². The highest BCUT2D eigenvalue weighted by Crippen LogP contribution is 2.14. The van der Waals surface area contributed by atoms with Gasteiger partial charge in [-0.3, -0.25) is 0 Å². The minimum Gasteiger partial charge on any atom is -0.394 e. The summed E-state index contributed by atoms with van der Waals surface area (Å²) in [5.74, 6) is 2.71. The fourth-order valence-electron chi connectivity index (χ4n) is 3.17. The van der Waals surface area contributed by atoms with Crippen LogP contribution in [0.1, 0.15) is 84.0 Å². The highest BCUT2D eigenvalue weighted by Gasteiger charge is 2.12. The van der Waals surface area contributed by atoms with E-state index in [2.05, 4.69) is 12.8 Å². The maximum absolute atomic E-state index is 8.65. The van der Waals surface area contributed by atoms with Crippen LogP contribution in [0.5, 0.6) is 0 Å². The maximum atomic E-state index is 8.65. The van der Waals surface area contributed by atoms with E-state index in [1.807, 2.05) is 0 Å². The van der Waals surface area contributed by atoms with Gasteiger partial charge in [-0.25, -0.2) is 0 Å². The lowest BCUT2D eigenvalue weighted by molar-refractivity contribution is -0.0707. The summed E-state index contributed by atoms with van der Waals surface area (Å²) in [6.45, 7) is 4.63. The molecule has 0 bridgehead atoms. The van der Waals surface area contributed by atoms with Crippen LogP contribution in [0.4, 0.5) is 0 Å². The molecule has 0 radical (unpaired) electrons. The highest BCUT2D eigenvalue weighted by molar-refractivity contribution is 4.82. The molecule has 0 rings (SSSR count). The first-order valence-electron chi connectivity index (χ1n) is 11.6. The summed E-state index contributed by atoms with van der Waals surface area (Å²) in [6.07, 6.45) is 20.3. The van der Waals surface area contributed by atoms with E-state index in [-0.39, 0.29) is 12.7 Å². The fraction of sp³-hybridized carbons (Fsp3) is 0.917. The van der Waals surface area contributed by atoms with Crippen molar-refractivity contribution in [2.75, 3.05) is 46.8 Å². The average Bonchev–Trinajstić information content (AvgIpc) is 2.74. The standard InChI is InChI=1S/C24H46O5/c1-4-6-7-8-9-10-11-12-13-14-15-16-23(5-2)29-22-24(26-3)21-28-20-19-27-18-17-25/h1,23-25H,5-22H2,2-3H3. The van der Waals surface area contributed by atoms with Crippen LogP contribution in [0.3, 0.4) is 0 Å². The van der Waals surface area contributed by atoms with Gasteiger partial charge in [0.2, 0.25) is 0 Å². The Labute approximate surface area is 179 Å². The van der Waals surface area contributed by atoms with Crippen molar-refractivity contribution < 1.29 is 24.1 Å². The number of rotatable bonds is 23. The van der Waals surface area contributed by atoms with E-state index < -0.39 is 0 Å². The van der Waals surface area contributed by atoms with E-state index in [4.69, 9.17) is 30.5 Å². The van der Waals surface area contributed by atoms with Crippen molar-refractivity contribution >= 4 is 0 Å². The maximum Gasteiger partial charge on any atom is 0.104 e. The summed E-state index contributed by atoms with van der Waals surface area (Å²) in [5.41, 5.74) is 0. The Kier molecular flexibility index (Phi) is 23.1. The first-order chi connectivity index (χ1) is 14.3. The SMILES string of the molecule is C#CCCCCCCCCCCCC(CC)OCC(COCCOCCO)OC. The third-order valence-electron chi connectivity index (χ3n) is 5.07. The molecule has 0 fully saturated rings. The molecule has 1 N–H and O–H groups in total. The molecule has 29 heavy (non-hydrogen) atoms. The topological polar surface area (TPSA) is 57.2 Å². The van der Waals surface area contributed by atoms with Gasteiger partial charge >= 0.3 is 0 Å². The molecule has 2 unspecified atom stereocenters. The number of aliphatic hydroxyl groups is 1. The van der Waals surface area contributed by atoms with Gasteiger partial charge in [0.25, 0.3) is 0 Å². The Morgan fingerprint density at radius 3 is 2.00 bits per heavy atom. The van der Waals surface area contributed by atoms with Crippen LogP contribution in [0.2, 0.25) is 0 Å². The van der Waals surface area contributed by atoms with E-state index in [1.54, 1.807) is 7.11 Å².